The fourth-order valence-corrected chi connectivity index (χ4v) is 2.17. The quantitative estimate of drug-likeness (QED) is 0.773. The van der Waals surface area contributed by atoms with Gasteiger partial charge in [0, 0.05) is 17.5 Å². The van der Waals surface area contributed by atoms with Gasteiger partial charge in [-0.2, -0.15) is 0 Å². The first kappa shape index (κ1) is 13.1. The van der Waals surface area contributed by atoms with Gasteiger partial charge in [-0.3, -0.25) is 4.79 Å². The second-order valence-electron chi connectivity index (χ2n) is 4.81. The van der Waals surface area contributed by atoms with Gasteiger partial charge in [-0.1, -0.05) is 24.3 Å². The van der Waals surface area contributed by atoms with Crippen LogP contribution in [0.25, 0.3) is 10.9 Å². The number of carbonyl (C=O) groups excluding carboxylic acids is 1. The number of nitrogen functional groups attached to an aromatic ring is 1. The normalized spacial score (nSPS) is 10.5. The van der Waals surface area contributed by atoms with Gasteiger partial charge in [-0.25, -0.2) is 4.98 Å². The van der Waals surface area contributed by atoms with Gasteiger partial charge in [0.05, 0.1) is 5.52 Å². The van der Waals surface area contributed by atoms with Crippen LogP contribution in [0.15, 0.2) is 60.7 Å². The number of hydrogen-bond donors (Lipinski definition) is 2. The molecular formula is C17H15N3O. The summed E-state index contributed by atoms with van der Waals surface area (Å²) in [5, 5.41) is 3.92. The number of nitrogens with one attached hydrogen (secondary N) is 1. The molecule has 4 nitrogen and oxygen atoms in total. The molecule has 0 unspecified atom stereocenters. The van der Waals surface area contributed by atoms with Gasteiger partial charge in [0.2, 0.25) is 0 Å². The largest absolute Gasteiger partial charge is 0.384 e. The Morgan fingerprint density at radius 3 is 2.67 bits per heavy atom. The van der Waals surface area contributed by atoms with Gasteiger partial charge >= 0.3 is 0 Å². The fourth-order valence-electron chi connectivity index (χ4n) is 2.17. The highest BCUT2D eigenvalue weighted by Crippen LogP contribution is 2.15. The SMILES string of the molecule is Nc1ccc2cc(CNC(=O)c3ccccc3)ccc2n1. The van der Waals surface area contributed by atoms with Gasteiger partial charge < -0.3 is 11.1 Å². The number of pyridine rings is 1. The average molecular weight is 277 g/mol. The number of fused-ring (bicyclic) bond motifs is 1. The van der Waals surface area contributed by atoms with Gasteiger partial charge in [-0.05, 0) is 42.0 Å². The van der Waals surface area contributed by atoms with Crippen LogP contribution >= 0.6 is 0 Å². The Morgan fingerprint density at radius 2 is 1.86 bits per heavy atom. The third-order valence-corrected chi connectivity index (χ3v) is 3.26. The predicted molar refractivity (Wildman–Crippen MR) is 83.8 cm³/mol. The van der Waals surface area contributed by atoms with Crippen LogP contribution in [0.1, 0.15) is 15.9 Å². The number of carbonyl (C=O) groups is 1. The molecule has 3 aromatic rings. The minimum Gasteiger partial charge on any atom is -0.384 e. The molecule has 0 atom stereocenters. The molecule has 2 aromatic carbocycles. The first-order chi connectivity index (χ1) is 10.2. The Morgan fingerprint density at radius 1 is 1.05 bits per heavy atom. The molecule has 1 amide bonds. The van der Waals surface area contributed by atoms with Gasteiger partial charge in [0.15, 0.2) is 0 Å². The molecule has 1 heterocycles. The Balaban J connectivity index is 1.73. The van der Waals surface area contributed by atoms with Crippen molar-refractivity contribution in [1.82, 2.24) is 10.3 Å². The van der Waals surface area contributed by atoms with E-state index in [9.17, 15) is 4.79 Å². The zero-order valence-electron chi connectivity index (χ0n) is 11.4. The number of rotatable bonds is 3. The van der Waals surface area contributed by atoms with Crippen molar-refractivity contribution >= 4 is 22.6 Å². The molecule has 0 bridgehead atoms. The van der Waals surface area contributed by atoms with Gasteiger partial charge in [0.1, 0.15) is 5.82 Å². The maximum Gasteiger partial charge on any atom is 0.251 e. The Labute approximate surface area is 122 Å². The third kappa shape index (κ3) is 3.00. The van der Waals surface area contributed by atoms with E-state index in [1.54, 1.807) is 18.2 Å². The second-order valence-corrected chi connectivity index (χ2v) is 4.81. The molecule has 0 aliphatic heterocycles. The first-order valence-electron chi connectivity index (χ1n) is 6.71. The molecular weight excluding hydrogens is 262 g/mol. The van der Waals surface area contributed by atoms with E-state index in [2.05, 4.69) is 10.3 Å². The van der Waals surface area contributed by atoms with Crippen LogP contribution in [0, 0.1) is 0 Å². The lowest BCUT2D eigenvalue weighted by atomic mass is 10.1. The number of benzene rings is 2. The molecule has 1 aromatic heterocycles. The number of anilines is 1. The highest BCUT2D eigenvalue weighted by atomic mass is 16.1. The summed E-state index contributed by atoms with van der Waals surface area (Å²) in [6.07, 6.45) is 0. The summed E-state index contributed by atoms with van der Waals surface area (Å²) in [5.41, 5.74) is 8.20. The van der Waals surface area contributed by atoms with E-state index in [4.69, 9.17) is 5.73 Å². The van der Waals surface area contributed by atoms with Crippen LogP contribution in [-0.4, -0.2) is 10.9 Å². The molecule has 3 rings (SSSR count). The molecule has 4 heteroatoms. The van der Waals surface area contributed by atoms with E-state index >= 15 is 0 Å². The highest BCUT2D eigenvalue weighted by Gasteiger charge is 2.04. The summed E-state index contributed by atoms with van der Waals surface area (Å²) in [6, 6.07) is 18.7. The fraction of sp³-hybridized carbons (Fsp3) is 0.0588. The monoisotopic (exact) mass is 277 g/mol. The lowest BCUT2D eigenvalue weighted by Gasteiger charge is -2.07. The average Bonchev–Trinajstić information content (AvgIpc) is 2.53. The zero-order chi connectivity index (χ0) is 14.7. The Bertz CT molecular complexity index is 784. The molecule has 0 saturated heterocycles. The van der Waals surface area contributed by atoms with E-state index in [-0.39, 0.29) is 5.91 Å². The van der Waals surface area contributed by atoms with E-state index < -0.39 is 0 Å². The van der Waals surface area contributed by atoms with Crippen molar-refractivity contribution in [3.8, 4) is 0 Å². The third-order valence-electron chi connectivity index (χ3n) is 3.26. The molecule has 0 fully saturated rings. The summed E-state index contributed by atoms with van der Waals surface area (Å²) in [6.45, 7) is 0.480. The van der Waals surface area contributed by atoms with Crippen molar-refractivity contribution in [1.29, 1.82) is 0 Å². The highest BCUT2D eigenvalue weighted by molar-refractivity contribution is 5.94. The van der Waals surface area contributed by atoms with Crippen LogP contribution < -0.4 is 11.1 Å². The van der Waals surface area contributed by atoms with Crippen molar-refractivity contribution < 1.29 is 4.79 Å². The van der Waals surface area contributed by atoms with Crippen LogP contribution in [0.5, 0.6) is 0 Å². The first-order valence-corrected chi connectivity index (χ1v) is 6.71. The summed E-state index contributed by atoms with van der Waals surface area (Å²) < 4.78 is 0. The van der Waals surface area contributed by atoms with Gasteiger partial charge in [-0.15, -0.1) is 0 Å². The smallest absolute Gasteiger partial charge is 0.251 e. The lowest BCUT2D eigenvalue weighted by molar-refractivity contribution is 0.0951. The maximum atomic E-state index is 12.0. The Kier molecular flexibility index (Phi) is 3.51. The van der Waals surface area contributed by atoms with E-state index in [0.29, 0.717) is 17.9 Å². The zero-order valence-corrected chi connectivity index (χ0v) is 11.4. The number of nitrogens with two attached hydrogens (primary N) is 1. The minimum absolute atomic E-state index is 0.0777. The van der Waals surface area contributed by atoms with Crippen LogP contribution in [0.4, 0.5) is 5.82 Å². The molecule has 0 aliphatic carbocycles. The van der Waals surface area contributed by atoms with Crippen molar-refractivity contribution in [3.05, 3.63) is 71.8 Å². The maximum absolute atomic E-state index is 12.0. The molecule has 0 saturated carbocycles. The van der Waals surface area contributed by atoms with Crippen LogP contribution in [0.2, 0.25) is 0 Å². The van der Waals surface area contributed by atoms with Gasteiger partial charge in [0.25, 0.3) is 5.91 Å². The van der Waals surface area contributed by atoms with E-state index in [0.717, 1.165) is 16.5 Å². The molecule has 104 valence electrons. The number of hydrogen-bond acceptors (Lipinski definition) is 3. The van der Waals surface area contributed by atoms with Crippen molar-refractivity contribution in [2.75, 3.05) is 5.73 Å². The molecule has 0 spiro atoms. The molecule has 0 aliphatic rings. The minimum atomic E-state index is -0.0777. The van der Waals surface area contributed by atoms with Crippen molar-refractivity contribution in [2.24, 2.45) is 0 Å². The van der Waals surface area contributed by atoms with E-state index in [1.807, 2.05) is 42.5 Å². The molecule has 21 heavy (non-hydrogen) atoms. The second kappa shape index (κ2) is 5.63. The van der Waals surface area contributed by atoms with Crippen LogP contribution in [0.3, 0.4) is 0 Å². The standard InChI is InChI=1S/C17H15N3O/c18-16-9-7-14-10-12(6-8-15(14)20-16)11-19-17(21)13-4-2-1-3-5-13/h1-10H,11H2,(H2,18,20)(H,19,21). The summed E-state index contributed by atoms with van der Waals surface area (Å²) in [5.74, 6) is 0.429. The Hall–Kier alpha value is -2.88. The summed E-state index contributed by atoms with van der Waals surface area (Å²) in [4.78, 5) is 16.2. The number of nitrogens with zero attached hydrogens (tertiary/aromatic N) is 1. The topological polar surface area (TPSA) is 68.0 Å². The van der Waals surface area contributed by atoms with Crippen molar-refractivity contribution in [3.63, 3.8) is 0 Å². The lowest BCUT2D eigenvalue weighted by Crippen LogP contribution is -2.22. The molecule has 3 N–H and O–H groups in total. The van der Waals surface area contributed by atoms with Crippen LogP contribution in [-0.2, 0) is 6.54 Å². The number of aromatic nitrogens is 1. The predicted octanol–water partition coefficient (Wildman–Crippen LogP) is 2.75. The summed E-state index contributed by atoms with van der Waals surface area (Å²) in [7, 11) is 0. The van der Waals surface area contributed by atoms with Crippen molar-refractivity contribution in [2.45, 2.75) is 6.54 Å². The summed E-state index contributed by atoms with van der Waals surface area (Å²) >= 11 is 0. The molecule has 0 radical (unpaired) electrons. The van der Waals surface area contributed by atoms with E-state index in [1.165, 1.54) is 0 Å². The number of amides is 1.